The van der Waals surface area contributed by atoms with Gasteiger partial charge in [-0.25, -0.2) is 0 Å². The number of hydrogen-bond acceptors (Lipinski definition) is 2. The Morgan fingerprint density at radius 3 is 1.43 bits per heavy atom. The lowest BCUT2D eigenvalue weighted by Crippen LogP contribution is -1.73. The lowest BCUT2D eigenvalue weighted by molar-refractivity contribution is 0.277. The maximum absolute atomic E-state index is 4.25. The normalized spacial score (nSPS) is 7.79. The van der Waals surface area contributed by atoms with Crippen LogP contribution in [-0.2, 0) is 15.9 Å². The maximum atomic E-state index is 4.25. The Morgan fingerprint density at radius 1 is 0.857 bits per heavy atom. The maximum Gasteiger partial charge on any atom is 0.0351 e. The van der Waals surface area contributed by atoms with Gasteiger partial charge in [-0.1, -0.05) is 37.3 Å². The van der Waals surface area contributed by atoms with E-state index in [1.807, 2.05) is 6.07 Å². The summed E-state index contributed by atoms with van der Waals surface area (Å²) in [6.45, 7) is 2.16. The summed E-state index contributed by atoms with van der Waals surface area (Å²) < 4.78 is 8.50. The molecule has 0 unspecified atom stereocenters. The second-order valence-corrected chi connectivity index (χ2v) is 2.66. The van der Waals surface area contributed by atoms with Crippen molar-refractivity contribution in [3.05, 3.63) is 35.9 Å². The molecule has 1 aromatic carbocycles. The summed E-state index contributed by atoms with van der Waals surface area (Å²) in [4.78, 5) is 0. The third-order valence-electron chi connectivity index (χ3n) is 1.25. The Bertz CT molecular complexity index is 171. The van der Waals surface area contributed by atoms with Gasteiger partial charge in [0.15, 0.2) is 0 Å². The quantitative estimate of drug-likeness (QED) is 0.691. The summed E-state index contributed by atoms with van der Waals surface area (Å²) >= 11 is 0. The van der Waals surface area contributed by atoms with Crippen LogP contribution in [-0.4, -0.2) is 28.4 Å². The lowest BCUT2D eigenvalue weighted by Gasteiger charge is -1.89. The molecule has 0 amide bonds. The zero-order valence-electron chi connectivity index (χ0n) is 9.91. The molecule has 0 aliphatic heterocycles. The van der Waals surface area contributed by atoms with Gasteiger partial charge in [0.25, 0.3) is 0 Å². The van der Waals surface area contributed by atoms with Gasteiger partial charge in [-0.15, -0.1) is 0 Å². The van der Waals surface area contributed by atoms with E-state index in [4.69, 9.17) is 0 Å². The first kappa shape index (κ1) is 15.6. The summed E-state index contributed by atoms with van der Waals surface area (Å²) in [5, 5.41) is 0. The minimum Gasteiger partial charge on any atom is -0.388 e. The van der Waals surface area contributed by atoms with E-state index in [-0.39, 0.29) is 0 Å². The van der Waals surface area contributed by atoms with Crippen molar-refractivity contribution < 1.29 is 9.47 Å². The third kappa shape index (κ3) is 13.7. The van der Waals surface area contributed by atoms with Crippen molar-refractivity contribution in [1.82, 2.24) is 0 Å². The molecular formula is C12H22O2. The number of methoxy groups -OCH3 is 2. The minimum atomic E-state index is 1.14. The van der Waals surface area contributed by atoms with Crippen LogP contribution in [0.2, 0.25) is 0 Å². The summed E-state index contributed by atoms with van der Waals surface area (Å²) in [5.74, 6) is 0. The van der Waals surface area contributed by atoms with Crippen LogP contribution < -0.4 is 0 Å². The highest BCUT2D eigenvalue weighted by atomic mass is 16.5. The van der Waals surface area contributed by atoms with Crippen LogP contribution in [0.15, 0.2) is 30.3 Å². The fourth-order valence-electron chi connectivity index (χ4n) is 0.714. The molecule has 1 aromatic rings. The molecule has 0 fully saturated rings. The molecule has 0 saturated heterocycles. The smallest absolute Gasteiger partial charge is 0.0351 e. The zero-order valence-corrected chi connectivity index (χ0v) is 9.91. The molecule has 0 radical (unpaired) electrons. The van der Waals surface area contributed by atoms with Gasteiger partial charge in [-0.3, -0.25) is 0 Å². The van der Waals surface area contributed by atoms with Gasteiger partial charge in [0.1, 0.15) is 0 Å². The molecule has 0 aromatic heterocycles. The van der Waals surface area contributed by atoms with E-state index < -0.39 is 0 Å². The van der Waals surface area contributed by atoms with Crippen LogP contribution in [0.1, 0.15) is 12.5 Å². The van der Waals surface area contributed by atoms with Crippen LogP contribution >= 0.6 is 0 Å². The van der Waals surface area contributed by atoms with Crippen LogP contribution in [0, 0.1) is 0 Å². The van der Waals surface area contributed by atoms with E-state index in [2.05, 4.69) is 40.7 Å². The van der Waals surface area contributed by atoms with E-state index in [9.17, 15) is 0 Å². The highest BCUT2D eigenvalue weighted by molar-refractivity contribution is 5.13. The van der Waals surface area contributed by atoms with E-state index in [0.29, 0.717) is 0 Å². The monoisotopic (exact) mass is 198 g/mol. The minimum absolute atomic E-state index is 1.14. The van der Waals surface area contributed by atoms with E-state index in [1.54, 1.807) is 28.4 Å². The summed E-state index contributed by atoms with van der Waals surface area (Å²) in [6.07, 6.45) is 1.14. The van der Waals surface area contributed by atoms with Gasteiger partial charge in [0, 0.05) is 28.4 Å². The SMILES string of the molecule is CCc1ccccc1.COC.COC. The van der Waals surface area contributed by atoms with Crippen LogP contribution in [0.25, 0.3) is 0 Å². The standard InChI is InChI=1S/C8H10.2C2H6O/c1-2-8-6-4-3-5-7-8;2*1-3-2/h3-7H,2H2,1H3;2*1-2H3. The Balaban J connectivity index is 0. The molecule has 0 N–H and O–H groups in total. The topological polar surface area (TPSA) is 18.5 Å². The zero-order chi connectivity index (χ0) is 11.2. The van der Waals surface area contributed by atoms with Crippen LogP contribution in [0.4, 0.5) is 0 Å². The van der Waals surface area contributed by atoms with Crippen molar-refractivity contribution in [3.63, 3.8) is 0 Å². The van der Waals surface area contributed by atoms with Crippen molar-refractivity contribution in [2.45, 2.75) is 13.3 Å². The number of rotatable bonds is 1. The van der Waals surface area contributed by atoms with Gasteiger partial charge in [0.05, 0.1) is 0 Å². The fraction of sp³-hybridized carbons (Fsp3) is 0.500. The van der Waals surface area contributed by atoms with Gasteiger partial charge >= 0.3 is 0 Å². The summed E-state index contributed by atoms with van der Waals surface area (Å²) in [7, 11) is 6.50. The van der Waals surface area contributed by atoms with Crippen molar-refractivity contribution in [2.24, 2.45) is 0 Å². The molecule has 2 heteroatoms. The van der Waals surface area contributed by atoms with E-state index in [1.165, 1.54) is 5.56 Å². The van der Waals surface area contributed by atoms with Gasteiger partial charge in [0.2, 0.25) is 0 Å². The van der Waals surface area contributed by atoms with E-state index >= 15 is 0 Å². The van der Waals surface area contributed by atoms with Gasteiger partial charge < -0.3 is 9.47 Å². The highest BCUT2D eigenvalue weighted by Crippen LogP contribution is 1.96. The first-order valence-corrected chi connectivity index (χ1v) is 4.60. The average molecular weight is 198 g/mol. The molecule has 82 valence electrons. The molecule has 0 aliphatic rings. The second-order valence-electron chi connectivity index (χ2n) is 2.66. The largest absolute Gasteiger partial charge is 0.388 e. The molecule has 0 bridgehead atoms. The third-order valence-corrected chi connectivity index (χ3v) is 1.25. The molecule has 0 aliphatic carbocycles. The molecule has 2 nitrogen and oxygen atoms in total. The number of ether oxygens (including phenoxy) is 2. The van der Waals surface area contributed by atoms with E-state index in [0.717, 1.165) is 6.42 Å². The highest BCUT2D eigenvalue weighted by Gasteiger charge is 1.79. The Labute approximate surface area is 87.9 Å². The van der Waals surface area contributed by atoms with Crippen LogP contribution in [0.5, 0.6) is 0 Å². The lowest BCUT2D eigenvalue weighted by atomic mass is 10.2. The second kappa shape index (κ2) is 14.7. The summed E-state index contributed by atoms with van der Waals surface area (Å²) in [5.41, 5.74) is 1.41. The first-order valence-electron chi connectivity index (χ1n) is 4.60. The number of aryl methyl sites for hydroxylation is 1. The Hall–Kier alpha value is -0.860. The van der Waals surface area contributed by atoms with Crippen LogP contribution in [0.3, 0.4) is 0 Å². The molecule has 0 atom stereocenters. The Morgan fingerprint density at radius 2 is 1.21 bits per heavy atom. The summed E-state index contributed by atoms with van der Waals surface area (Å²) in [6, 6.07) is 10.5. The van der Waals surface area contributed by atoms with Crippen molar-refractivity contribution >= 4 is 0 Å². The fourth-order valence-corrected chi connectivity index (χ4v) is 0.714. The van der Waals surface area contributed by atoms with Crippen molar-refractivity contribution in [1.29, 1.82) is 0 Å². The van der Waals surface area contributed by atoms with Crippen molar-refractivity contribution in [3.8, 4) is 0 Å². The predicted molar refractivity (Wildman–Crippen MR) is 61.7 cm³/mol. The molecule has 1 rings (SSSR count). The molecule has 14 heavy (non-hydrogen) atoms. The Kier molecular flexibility index (Phi) is 16.3. The van der Waals surface area contributed by atoms with Gasteiger partial charge in [-0.05, 0) is 12.0 Å². The van der Waals surface area contributed by atoms with Gasteiger partial charge in [-0.2, -0.15) is 0 Å². The first-order chi connectivity index (χ1) is 6.76. The molecule has 0 saturated carbocycles. The molecule has 0 heterocycles. The van der Waals surface area contributed by atoms with Crippen molar-refractivity contribution in [2.75, 3.05) is 28.4 Å². The molecule has 0 spiro atoms. The molecular weight excluding hydrogens is 176 g/mol. The number of hydrogen-bond donors (Lipinski definition) is 0. The average Bonchev–Trinajstić information content (AvgIpc) is 2.21. The number of benzene rings is 1. The predicted octanol–water partition coefficient (Wildman–Crippen LogP) is 2.77.